The molecule has 1 N–H and O–H groups in total. The monoisotopic (exact) mass is 637 g/mol. The van der Waals surface area contributed by atoms with Gasteiger partial charge in [-0.1, -0.05) is 67.4 Å². The Morgan fingerprint density at radius 1 is 1.05 bits per heavy atom. The van der Waals surface area contributed by atoms with E-state index in [9.17, 15) is 9.90 Å². The van der Waals surface area contributed by atoms with E-state index >= 15 is 0 Å². The molecule has 1 aromatic heterocycles. The van der Waals surface area contributed by atoms with E-state index in [0.29, 0.717) is 21.3 Å². The van der Waals surface area contributed by atoms with E-state index in [1.54, 1.807) is 0 Å². The summed E-state index contributed by atoms with van der Waals surface area (Å²) in [7, 11) is 0. The van der Waals surface area contributed by atoms with Gasteiger partial charge in [-0.25, -0.2) is 4.79 Å². The number of rotatable bonds is 7. The summed E-state index contributed by atoms with van der Waals surface area (Å²) in [5.74, 6) is -0.997. The number of carboxylic acid groups (broad SMARTS) is 1. The van der Waals surface area contributed by atoms with Gasteiger partial charge >= 0.3 is 5.97 Å². The Bertz CT molecular complexity index is 1550. The molecule has 236 valence electrons. The lowest BCUT2D eigenvalue weighted by molar-refractivity contribution is -0.160. The van der Waals surface area contributed by atoms with Crippen molar-refractivity contribution in [2.75, 3.05) is 24.5 Å². The van der Waals surface area contributed by atoms with Crippen molar-refractivity contribution in [1.29, 1.82) is 0 Å². The zero-order valence-electron chi connectivity index (χ0n) is 27.1. The van der Waals surface area contributed by atoms with Crippen molar-refractivity contribution in [3.8, 4) is 11.1 Å². The number of hydrogen-bond acceptors (Lipinski definition) is 5. The van der Waals surface area contributed by atoms with Crippen LogP contribution in [0.2, 0.25) is 10.0 Å². The molecule has 5 rings (SSSR count). The summed E-state index contributed by atoms with van der Waals surface area (Å²) in [5.41, 5.74) is 8.53. The molecule has 2 aliphatic heterocycles. The van der Waals surface area contributed by atoms with Crippen LogP contribution in [-0.4, -0.2) is 46.2 Å². The summed E-state index contributed by atoms with van der Waals surface area (Å²) in [5, 5.41) is 11.7. The highest BCUT2D eigenvalue weighted by molar-refractivity contribution is 6.42. The fourth-order valence-corrected chi connectivity index (χ4v) is 6.95. The predicted octanol–water partition coefficient (Wildman–Crippen LogP) is 8.80. The second kappa shape index (κ2) is 12.6. The lowest BCUT2D eigenvalue weighted by Crippen LogP contribution is -2.39. The van der Waals surface area contributed by atoms with Gasteiger partial charge in [0.25, 0.3) is 0 Å². The third-order valence-corrected chi connectivity index (χ3v) is 9.84. The molecule has 0 saturated carbocycles. The number of carboxylic acids is 1. The third-order valence-electron chi connectivity index (χ3n) is 8.98. The molecule has 3 heterocycles. The molecule has 2 aliphatic rings. The fourth-order valence-electron chi connectivity index (χ4n) is 6.57. The van der Waals surface area contributed by atoms with E-state index < -0.39 is 17.7 Å². The van der Waals surface area contributed by atoms with E-state index in [1.807, 2.05) is 52.8 Å². The number of carbonyl (C=O) groups is 1. The quantitative estimate of drug-likeness (QED) is 0.279. The van der Waals surface area contributed by atoms with Gasteiger partial charge < -0.3 is 14.7 Å². The summed E-state index contributed by atoms with van der Waals surface area (Å²) in [6.07, 6.45) is 1.84. The highest BCUT2D eigenvalue weighted by Crippen LogP contribution is 2.45. The molecule has 3 aromatic rings. The van der Waals surface area contributed by atoms with Crippen LogP contribution in [0.25, 0.3) is 11.1 Å². The first-order valence-electron chi connectivity index (χ1n) is 15.6. The third kappa shape index (κ3) is 7.09. The SMILES string of the molecule is Cc1nc(C)c([C@H](OC(C)(C)C)C(=O)O)c(N2CCC(C)(C)CC2)c1-c1ccc2c(c1)CCN(Cc1cccc(Cl)c1Cl)C2. The zero-order chi connectivity index (χ0) is 32.0. The minimum Gasteiger partial charge on any atom is -0.479 e. The number of anilines is 1. The molecule has 0 spiro atoms. The number of benzene rings is 2. The van der Waals surface area contributed by atoms with Crippen molar-refractivity contribution in [2.24, 2.45) is 5.41 Å². The number of aromatic nitrogens is 1. The number of halogens is 2. The molecule has 8 heteroatoms. The largest absolute Gasteiger partial charge is 0.479 e. The van der Waals surface area contributed by atoms with Gasteiger partial charge in [-0.3, -0.25) is 9.88 Å². The van der Waals surface area contributed by atoms with Crippen LogP contribution in [0.3, 0.4) is 0 Å². The van der Waals surface area contributed by atoms with Gasteiger partial charge in [-0.2, -0.15) is 0 Å². The van der Waals surface area contributed by atoms with Crippen molar-refractivity contribution < 1.29 is 14.6 Å². The van der Waals surface area contributed by atoms with Gasteiger partial charge in [0.15, 0.2) is 6.10 Å². The molecule has 0 radical (unpaired) electrons. The highest BCUT2D eigenvalue weighted by atomic mass is 35.5. The van der Waals surface area contributed by atoms with Crippen LogP contribution in [0.5, 0.6) is 0 Å². The van der Waals surface area contributed by atoms with Crippen LogP contribution in [0.1, 0.15) is 87.2 Å². The Morgan fingerprint density at radius 2 is 1.75 bits per heavy atom. The standard InChI is InChI=1S/C36H45Cl2N3O3/c1-22-29(25-11-12-26-20-40(16-13-24(26)19-25)21-27-9-8-10-28(37)31(27)38)32(41-17-14-36(6,7)15-18-41)30(23(2)39-22)33(34(42)43)44-35(3,4)5/h8-12,19,33H,13-18,20-21H2,1-7H3,(H,42,43)/t33-/m0/s1. The summed E-state index contributed by atoms with van der Waals surface area (Å²) >= 11 is 12.8. The fraction of sp³-hybridized carbons (Fsp3) is 0.500. The van der Waals surface area contributed by atoms with E-state index in [-0.39, 0.29) is 5.41 Å². The zero-order valence-corrected chi connectivity index (χ0v) is 28.6. The van der Waals surface area contributed by atoms with E-state index in [2.05, 4.69) is 41.8 Å². The Kier molecular flexibility index (Phi) is 9.40. The Balaban J connectivity index is 1.57. The van der Waals surface area contributed by atoms with E-state index in [4.69, 9.17) is 32.9 Å². The van der Waals surface area contributed by atoms with Crippen LogP contribution >= 0.6 is 23.2 Å². The number of hydrogen-bond donors (Lipinski definition) is 1. The summed E-state index contributed by atoms with van der Waals surface area (Å²) in [4.78, 5) is 22.5. The van der Waals surface area contributed by atoms with Crippen molar-refractivity contribution in [1.82, 2.24) is 9.88 Å². The van der Waals surface area contributed by atoms with Crippen molar-refractivity contribution in [3.05, 3.63) is 80.1 Å². The molecule has 6 nitrogen and oxygen atoms in total. The molecular formula is C36H45Cl2N3O3. The van der Waals surface area contributed by atoms with Crippen molar-refractivity contribution in [3.63, 3.8) is 0 Å². The Morgan fingerprint density at radius 3 is 2.41 bits per heavy atom. The van der Waals surface area contributed by atoms with Crippen molar-refractivity contribution >= 4 is 34.9 Å². The second-order valence-corrected chi connectivity index (χ2v) is 15.0. The maximum atomic E-state index is 12.8. The molecule has 0 bridgehead atoms. The molecule has 0 amide bonds. The maximum Gasteiger partial charge on any atom is 0.337 e. The highest BCUT2D eigenvalue weighted by Gasteiger charge is 2.36. The molecule has 0 aliphatic carbocycles. The number of piperidine rings is 1. The second-order valence-electron chi connectivity index (χ2n) is 14.2. The van der Waals surface area contributed by atoms with Gasteiger partial charge in [-0.15, -0.1) is 0 Å². The van der Waals surface area contributed by atoms with Crippen LogP contribution < -0.4 is 4.90 Å². The number of pyridine rings is 1. The lowest BCUT2D eigenvalue weighted by Gasteiger charge is -2.41. The van der Waals surface area contributed by atoms with Gasteiger partial charge in [0.2, 0.25) is 0 Å². The van der Waals surface area contributed by atoms with E-state index in [0.717, 1.165) is 80.1 Å². The molecule has 1 saturated heterocycles. The Labute approximate surface area is 272 Å². The smallest absolute Gasteiger partial charge is 0.337 e. The average Bonchev–Trinajstić information content (AvgIpc) is 2.93. The number of nitrogens with zero attached hydrogens (tertiary/aromatic N) is 3. The molecule has 1 fully saturated rings. The van der Waals surface area contributed by atoms with Gasteiger partial charge in [0.05, 0.1) is 21.3 Å². The minimum absolute atomic E-state index is 0.245. The van der Waals surface area contributed by atoms with Crippen LogP contribution in [-0.2, 0) is 29.0 Å². The number of aliphatic carboxylic acids is 1. The van der Waals surface area contributed by atoms with Gasteiger partial charge in [-0.05, 0) is 87.6 Å². The lowest BCUT2D eigenvalue weighted by atomic mass is 9.81. The first kappa shape index (κ1) is 32.7. The minimum atomic E-state index is -1.13. The van der Waals surface area contributed by atoms with Crippen LogP contribution in [0, 0.1) is 19.3 Å². The average molecular weight is 639 g/mol. The number of aryl methyl sites for hydroxylation is 2. The molecule has 44 heavy (non-hydrogen) atoms. The molecule has 1 atom stereocenters. The predicted molar refractivity (Wildman–Crippen MR) is 180 cm³/mol. The Hall–Kier alpha value is -2.64. The summed E-state index contributed by atoms with van der Waals surface area (Å²) in [6.45, 7) is 18.5. The van der Waals surface area contributed by atoms with Crippen LogP contribution in [0.4, 0.5) is 5.69 Å². The van der Waals surface area contributed by atoms with Crippen molar-refractivity contribution in [2.45, 2.75) is 92.5 Å². The first-order valence-corrected chi connectivity index (χ1v) is 16.3. The number of ether oxygens (including phenoxy) is 1. The molecule has 2 aromatic carbocycles. The molecular weight excluding hydrogens is 593 g/mol. The molecule has 0 unspecified atom stereocenters. The van der Waals surface area contributed by atoms with Gasteiger partial charge in [0.1, 0.15) is 0 Å². The maximum absolute atomic E-state index is 12.8. The summed E-state index contributed by atoms with van der Waals surface area (Å²) in [6, 6.07) is 12.5. The number of fused-ring (bicyclic) bond motifs is 1. The normalized spacial score (nSPS) is 17.8. The topological polar surface area (TPSA) is 65.9 Å². The van der Waals surface area contributed by atoms with Crippen LogP contribution in [0.15, 0.2) is 36.4 Å². The first-order chi connectivity index (χ1) is 20.6. The van der Waals surface area contributed by atoms with E-state index in [1.165, 1.54) is 11.1 Å². The summed E-state index contributed by atoms with van der Waals surface area (Å²) < 4.78 is 6.25. The van der Waals surface area contributed by atoms with Gasteiger partial charge in [0, 0.05) is 55.2 Å².